The number of para-hydroxylation sites is 3. The number of methoxy groups -OCH3 is 2. The van der Waals surface area contributed by atoms with Crippen molar-refractivity contribution in [1.82, 2.24) is 0 Å². The zero-order valence-electron chi connectivity index (χ0n) is 17.3. The second-order valence-electron chi connectivity index (χ2n) is 6.44. The van der Waals surface area contributed by atoms with Crippen molar-refractivity contribution < 1.29 is 27.4 Å². The van der Waals surface area contributed by atoms with Gasteiger partial charge in [-0.1, -0.05) is 35.9 Å². The minimum Gasteiger partial charge on any atom is -0.495 e. The maximum atomic E-state index is 13.0. The van der Waals surface area contributed by atoms with E-state index in [0.29, 0.717) is 11.5 Å². The molecule has 0 atom stereocenters. The van der Waals surface area contributed by atoms with Gasteiger partial charge < -0.3 is 19.5 Å². The number of nitrogens with one attached hydrogen (secondary N) is 2. The third-order valence-corrected chi connectivity index (χ3v) is 6.00. The summed E-state index contributed by atoms with van der Waals surface area (Å²) in [5.41, 5.74) is 0.467. The maximum Gasteiger partial charge on any atom is 0.265 e. The molecule has 0 saturated heterocycles. The fraction of sp³-hybridized carbons (Fsp3) is 0.136. The molecule has 0 radical (unpaired) electrons. The van der Waals surface area contributed by atoms with Crippen LogP contribution in [0.5, 0.6) is 17.2 Å². The zero-order valence-corrected chi connectivity index (χ0v) is 18.9. The predicted octanol–water partition coefficient (Wildman–Crippen LogP) is 4.18. The molecule has 0 aliphatic heterocycles. The molecular formula is C22H21ClN2O6S. The molecule has 10 heteroatoms. The fourth-order valence-electron chi connectivity index (χ4n) is 2.79. The van der Waals surface area contributed by atoms with Gasteiger partial charge in [-0.15, -0.1) is 0 Å². The largest absolute Gasteiger partial charge is 0.495 e. The van der Waals surface area contributed by atoms with Crippen molar-refractivity contribution in [2.45, 2.75) is 4.90 Å². The van der Waals surface area contributed by atoms with Crippen molar-refractivity contribution in [3.8, 4) is 17.2 Å². The van der Waals surface area contributed by atoms with Gasteiger partial charge in [0, 0.05) is 5.69 Å². The van der Waals surface area contributed by atoms with E-state index in [1.54, 1.807) is 42.5 Å². The quantitative estimate of drug-likeness (QED) is 0.480. The third-order valence-electron chi connectivity index (χ3n) is 4.28. The van der Waals surface area contributed by atoms with Crippen LogP contribution in [0.4, 0.5) is 11.4 Å². The van der Waals surface area contributed by atoms with Gasteiger partial charge in [-0.2, -0.15) is 0 Å². The minimum absolute atomic E-state index is 0.104. The molecule has 32 heavy (non-hydrogen) atoms. The van der Waals surface area contributed by atoms with Crippen molar-refractivity contribution in [2.75, 3.05) is 30.9 Å². The highest BCUT2D eigenvalue weighted by Gasteiger charge is 2.22. The van der Waals surface area contributed by atoms with E-state index in [1.807, 2.05) is 0 Å². The van der Waals surface area contributed by atoms with Crippen LogP contribution in [0, 0.1) is 0 Å². The first-order valence-corrected chi connectivity index (χ1v) is 11.2. The molecule has 1 amide bonds. The first-order chi connectivity index (χ1) is 15.3. The van der Waals surface area contributed by atoms with Crippen molar-refractivity contribution >= 4 is 38.9 Å². The highest BCUT2D eigenvalue weighted by molar-refractivity contribution is 7.92. The maximum absolute atomic E-state index is 13.0. The molecule has 0 fully saturated rings. The van der Waals surface area contributed by atoms with E-state index >= 15 is 0 Å². The normalized spacial score (nSPS) is 10.8. The summed E-state index contributed by atoms with van der Waals surface area (Å²) in [6.07, 6.45) is 0. The van der Waals surface area contributed by atoms with Gasteiger partial charge in [0.25, 0.3) is 15.9 Å². The molecule has 0 bridgehead atoms. The lowest BCUT2D eigenvalue weighted by molar-refractivity contribution is -0.118. The number of carbonyl (C=O) groups excluding carboxylic acids is 1. The van der Waals surface area contributed by atoms with E-state index in [9.17, 15) is 13.2 Å². The SMILES string of the molecule is COc1ccccc1OCC(=O)Nc1ccc(OC)c(S(=O)(=O)Nc2ccccc2Cl)c1. The number of carbonyl (C=O) groups is 1. The molecular weight excluding hydrogens is 456 g/mol. The van der Waals surface area contributed by atoms with Crippen molar-refractivity contribution in [1.29, 1.82) is 0 Å². The summed E-state index contributed by atoms with van der Waals surface area (Å²) in [6.45, 7) is -0.299. The van der Waals surface area contributed by atoms with Crippen LogP contribution in [0.3, 0.4) is 0 Å². The summed E-state index contributed by atoms with van der Waals surface area (Å²) < 4.78 is 44.2. The molecule has 0 aromatic heterocycles. The van der Waals surface area contributed by atoms with E-state index in [1.165, 1.54) is 38.5 Å². The number of benzene rings is 3. The molecule has 0 saturated carbocycles. The monoisotopic (exact) mass is 476 g/mol. The molecule has 2 N–H and O–H groups in total. The minimum atomic E-state index is -4.06. The highest BCUT2D eigenvalue weighted by Crippen LogP contribution is 2.31. The number of amides is 1. The number of hydrogen-bond acceptors (Lipinski definition) is 6. The molecule has 0 heterocycles. The molecule has 0 spiro atoms. The molecule has 0 aliphatic carbocycles. The van der Waals surface area contributed by atoms with Crippen LogP contribution in [-0.2, 0) is 14.8 Å². The molecule has 3 rings (SSSR count). The van der Waals surface area contributed by atoms with Gasteiger partial charge in [-0.25, -0.2) is 8.42 Å². The number of halogens is 1. The number of ether oxygens (including phenoxy) is 3. The number of sulfonamides is 1. The van der Waals surface area contributed by atoms with Crippen LogP contribution in [0.2, 0.25) is 5.02 Å². The molecule has 3 aromatic carbocycles. The van der Waals surface area contributed by atoms with Crippen molar-refractivity contribution in [3.05, 3.63) is 71.8 Å². The Balaban J connectivity index is 1.77. The number of anilines is 2. The standard InChI is InChI=1S/C22H21ClN2O6S/c1-29-18-9-5-6-10-19(18)31-14-22(26)24-15-11-12-20(30-2)21(13-15)32(27,28)25-17-8-4-3-7-16(17)23/h3-13,25H,14H2,1-2H3,(H,24,26). The Bertz CT molecular complexity index is 1220. The van der Waals surface area contributed by atoms with E-state index in [4.69, 9.17) is 25.8 Å². The van der Waals surface area contributed by atoms with E-state index in [0.717, 1.165) is 0 Å². The molecule has 0 unspecified atom stereocenters. The summed E-state index contributed by atoms with van der Waals surface area (Å²) in [7, 11) is -1.21. The zero-order chi connectivity index (χ0) is 23.1. The van der Waals surface area contributed by atoms with Crippen LogP contribution >= 0.6 is 11.6 Å². The van der Waals surface area contributed by atoms with Crippen LogP contribution in [-0.4, -0.2) is 35.2 Å². The summed E-state index contributed by atoms with van der Waals surface area (Å²) in [5, 5.41) is 2.85. The second kappa shape index (κ2) is 10.3. The first-order valence-electron chi connectivity index (χ1n) is 9.35. The molecule has 8 nitrogen and oxygen atoms in total. The first kappa shape index (κ1) is 23.2. The summed E-state index contributed by atoms with van der Waals surface area (Å²) in [5.74, 6) is 0.521. The third kappa shape index (κ3) is 5.63. The average Bonchev–Trinajstić information content (AvgIpc) is 2.79. The van der Waals surface area contributed by atoms with Gasteiger partial charge >= 0.3 is 0 Å². The Labute approximate surface area is 191 Å². The van der Waals surface area contributed by atoms with Gasteiger partial charge in [0.05, 0.1) is 24.9 Å². The van der Waals surface area contributed by atoms with Gasteiger partial charge in [0.15, 0.2) is 18.1 Å². The lowest BCUT2D eigenvalue weighted by Crippen LogP contribution is -2.21. The Kier molecular flexibility index (Phi) is 7.45. The Morgan fingerprint density at radius 2 is 1.56 bits per heavy atom. The smallest absolute Gasteiger partial charge is 0.265 e. The van der Waals surface area contributed by atoms with Gasteiger partial charge in [0.2, 0.25) is 0 Å². The molecule has 3 aromatic rings. The average molecular weight is 477 g/mol. The van der Waals surface area contributed by atoms with Gasteiger partial charge in [0.1, 0.15) is 10.6 Å². The molecule has 0 aliphatic rings. The number of rotatable bonds is 9. The van der Waals surface area contributed by atoms with Crippen LogP contribution < -0.4 is 24.2 Å². The highest BCUT2D eigenvalue weighted by atomic mass is 35.5. The lowest BCUT2D eigenvalue weighted by atomic mass is 10.3. The Hall–Kier alpha value is -3.43. The summed E-state index contributed by atoms with van der Waals surface area (Å²) in [6, 6.07) is 17.6. The van der Waals surface area contributed by atoms with E-state index in [2.05, 4.69) is 10.0 Å². The van der Waals surface area contributed by atoms with Gasteiger partial charge in [-0.3, -0.25) is 9.52 Å². The van der Waals surface area contributed by atoms with Crippen molar-refractivity contribution in [2.24, 2.45) is 0 Å². The van der Waals surface area contributed by atoms with Crippen LogP contribution in [0.1, 0.15) is 0 Å². The summed E-state index contributed by atoms with van der Waals surface area (Å²) in [4.78, 5) is 12.2. The van der Waals surface area contributed by atoms with E-state index in [-0.39, 0.29) is 33.6 Å². The van der Waals surface area contributed by atoms with Crippen LogP contribution in [0.15, 0.2) is 71.6 Å². The second-order valence-corrected chi connectivity index (χ2v) is 8.50. The Morgan fingerprint density at radius 3 is 2.25 bits per heavy atom. The van der Waals surface area contributed by atoms with E-state index < -0.39 is 15.9 Å². The van der Waals surface area contributed by atoms with Gasteiger partial charge in [-0.05, 0) is 42.5 Å². The lowest BCUT2D eigenvalue weighted by Gasteiger charge is -2.14. The topological polar surface area (TPSA) is 103 Å². The van der Waals surface area contributed by atoms with Crippen LogP contribution in [0.25, 0.3) is 0 Å². The fourth-order valence-corrected chi connectivity index (χ4v) is 4.30. The Morgan fingerprint density at radius 1 is 0.906 bits per heavy atom. The summed E-state index contributed by atoms with van der Waals surface area (Å²) >= 11 is 6.06. The van der Waals surface area contributed by atoms with Crippen molar-refractivity contribution in [3.63, 3.8) is 0 Å². The predicted molar refractivity (Wildman–Crippen MR) is 122 cm³/mol. The molecule has 168 valence electrons. The number of hydrogen-bond donors (Lipinski definition) is 2.